The molecule has 0 aliphatic carbocycles. The van der Waals surface area contributed by atoms with Crippen molar-refractivity contribution in [3.05, 3.63) is 0 Å². The minimum Gasteiger partial charge on any atom is -0.342 e. The van der Waals surface area contributed by atoms with E-state index in [-0.39, 0.29) is 9.68 Å². The predicted molar refractivity (Wildman–Crippen MR) is 32.7 cm³/mol. The van der Waals surface area contributed by atoms with Crippen LogP contribution in [-0.2, 0) is 0 Å². The molecule has 0 heterocycles. The standard InChI is InChI=1S/C4H13NSi/c1-3-4-5-6-2/h5H,3-4,6H2,1-2H3. The lowest BCUT2D eigenvalue weighted by atomic mass is 10.5. The van der Waals surface area contributed by atoms with Crippen LogP contribution in [0.25, 0.3) is 0 Å². The highest BCUT2D eigenvalue weighted by molar-refractivity contribution is 6.29. The highest BCUT2D eigenvalue weighted by Crippen LogP contribution is 1.64. The minimum absolute atomic E-state index is 0.153. The molecule has 0 aliphatic heterocycles. The first-order valence-electron chi connectivity index (χ1n) is 2.62. The van der Waals surface area contributed by atoms with Crippen LogP contribution < -0.4 is 4.98 Å². The zero-order chi connectivity index (χ0) is 4.83. The lowest BCUT2D eigenvalue weighted by molar-refractivity contribution is 0.862. The zero-order valence-electron chi connectivity index (χ0n) is 4.62. The number of rotatable bonds is 3. The van der Waals surface area contributed by atoms with E-state index >= 15 is 0 Å². The normalized spacial score (nSPS) is 11.0. The van der Waals surface area contributed by atoms with Crippen molar-refractivity contribution in [1.29, 1.82) is 0 Å². The van der Waals surface area contributed by atoms with Gasteiger partial charge in [0.25, 0.3) is 0 Å². The summed E-state index contributed by atoms with van der Waals surface area (Å²) in [6.45, 7) is 5.68. The van der Waals surface area contributed by atoms with Gasteiger partial charge < -0.3 is 4.98 Å². The number of nitrogens with one attached hydrogen (secondary N) is 1. The number of hydrogen-bond donors (Lipinski definition) is 1. The van der Waals surface area contributed by atoms with Crippen LogP contribution in [0.1, 0.15) is 13.3 Å². The van der Waals surface area contributed by atoms with Gasteiger partial charge in [0.2, 0.25) is 0 Å². The minimum atomic E-state index is 0.153. The molecular weight excluding hydrogens is 90.1 g/mol. The molecule has 0 radical (unpaired) electrons. The first kappa shape index (κ1) is 6.18. The van der Waals surface area contributed by atoms with Crippen LogP contribution in [0.5, 0.6) is 0 Å². The van der Waals surface area contributed by atoms with E-state index in [1.807, 2.05) is 0 Å². The molecule has 0 saturated carbocycles. The maximum absolute atomic E-state index is 3.34. The Kier molecular flexibility index (Phi) is 5.33. The van der Waals surface area contributed by atoms with E-state index in [4.69, 9.17) is 0 Å². The van der Waals surface area contributed by atoms with Crippen molar-refractivity contribution in [2.24, 2.45) is 0 Å². The van der Waals surface area contributed by atoms with Gasteiger partial charge in [-0.05, 0) is 13.0 Å². The Morgan fingerprint density at radius 2 is 2.33 bits per heavy atom. The van der Waals surface area contributed by atoms with Crippen molar-refractivity contribution in [2.45, 2.75) is 19.9 Å². The van der Waals surface area contributed by atoms with E-state index in [1.165, 1.54) is 13.0 Å². The molecular formula is C4H13NSi. The molecule has 0 fully saturated rings. The van der Waals surface area contributed by atoms with Gasteiger partial charge >= 0.3 is 0 Å². The van der Waals surface area contributed by atoms with Crippen molar-refractivity contribution in [1.82, 2.24) is 4.98 Å². The Labute approximate surface area is 42.0 Å². The van der Waals surface area contributed by atoms with Crippen molar-refractivity contribution in [3.63, 3.8) is 0 Å². The van der Waals surface area contributed by atoms with Gasteiger partial charge in [0.15, 0.2) is 0 Å². The second kappa shape index (κ2) is 5.18. The Bertz CT molecular complexity index is 19.5. The predicted octanol–water partition coefficient (Wildman–Crippen LogP) is 0.118. The molecule has 1 N–H and O–H groups in total. The van der Waals surface area contributed by atoms with Crippen LogP contribution in [0.4, 0.5) is 0 Å². The number of hydrogen-bond acceptors (Lipinski definition) is 1. The van der Waals surface area contributed by atoms with E-state index in [9.17, 15) is 0 Å². The molecule has 6 heavy (non-hydrogen) atoms. The molecule has 0 aromatic rings. The van der Waals surface area contributed by atoms with Gasteiger partial charge in [0.05, 0.1) is 9.68 Å². The fraction of sp³-hybridized carbons (Fsp3) is 1.00. The molecule has 38 valence electrons. The van der Waals surface area contributed by atoms with Gasteiger partial charge in [0.1, 0.15) is 0 Å². The third kappa shape index (κ3) is 4.18. The molecule has 0 aromatic heterocycles. The van der Waals surface area contributed by atoms with E-state index < -0.39 is 0 Å². The average Bonchev–Trinajstić information content (AvgIpc) is 1.61. The van der Waals surface area contributed by atoms with Gasteiger partial charge in [0, 0.05) is 0 Å². The second-order valence-electron chi connectivity index (χ2n) is 1.35. The quantitative estimate of drug-likeness (QED) is 0.395. The second-order valence-corrected chi connectivity index (χ2v) is 2.56. The van der Waals surface area contributed by atoms with Gasteiger partial charge in [-0.3, -0.25) is 0 Å². The highest BCUT2D eigenvalue weighted by atomic mass is 28.2. The van der Waals surface area contributed by atoms with Crippen molar-refractivity contribution >= 4 is 9.68 Å². The molecule has 0 aliphatic rings. The Morgan fingerprint density at radius 3 is 2.50 bits per heavy atom. The molecule has 0 aromatic carbocycles. The monoisotopic (exact) mass is 103 g/mol. The lowest BCUT2D eigenvalue weighted by Crippen LogP contribution is -2.15. The topological polar surface area (TPSA) is 12.0 Å². The maximum atomic E-state index is 3.34. The van der Waals surface area contributed by atoms with E-state index in [0.717, 1.165) is 0 Å². The zero-order valence-corrected chi connectivity index (χ0v) is 6.04. The fourth-order valence-corrected chi connectivity index (χ4v) is 1.06. The average molecular weight is 103 g/mol. The molecule has 0 rings (SSSR count). The summed E-state index contributed by atoms with van der Waals surface area (Å²) in [5, 5.41) is 0. The van der Waals surface area contributed by atoms with Crippen molar-refractivity contribution in [3.8, 4) is 0 Å². The summed E-state index contributed by atoms with van der Waals surface area (Å²) in [5.74, 6) is 0. The molecule has 0 atom stereocenters. The van der Waals surface area contributed by atoms with Gasteiger partial charge in [-0.1, -0.05) is 13.5 Å². The van der Waals surface area contributed by atoms with E-state index in [1.54, 1.807) is 0 Å². The molecule has 1 nitrogen and oxygen atoms in total. The smallest absolute Gasteiger partial charge is 0.0885 e. The molecule has 0 spiro atoms. The first-order chi connectivity index (χ1) is 2.91. The van der Waals surface area contributed by atoms with Crippen LogP contribution in [-0.4, -0.2) is 16.2 Å². The van der Waals surface area contributed by atoms with E-state index in [0.29, 0.717) is 0 Å². The maximum Gasteiger partial charge on any atom is 0.0885 e. The summed E-state index contributed by atoms with van der Waals surface area (Å²) in [6.07, 6.45) is 1.28. The van der Waals surface area contributed by atoms with Crippen LogP contribution in [0.2, 0.25) is 6.55 Å². The highest BCUT2D eigenvalue weighted by Gasteiger charge is 1.72. The summed E-state index contributed by atoms with van der Waals surface area (Å²) in [7, 11) is 0.153. The Balaban J connectivity index is 2.34. The van der Waals surface area contributed by atoms with Gasteiger partial charge in [-0.25, -0.2) is 0 Å². The summed E-state index contributed by atoms with van der Waals surface area (Å²) >= 11 is 0. The molecule has 0 unspecified atom stereocenters. The molecule has 0 saturated heterocycles. The van der Waals surface area contributed by atoms with Crippen LogP contribution in [0.15, 0.2) is 0 Å². The molecule has 2 heteroatoms. The van der Waals surface area contributed by atoms with Crippen molar-refractivity contribution < 1.29 is 0 Å². The first-order valence-corrected chi connectivity index (χ1v) is 4.74. The lowest BCUT2D eigenvalue weighted by Gasteiger charge is -1.91. The largest absolute Gasteiger partial charge is 0.342 e. The molecule has 0 amide bonds. The molecule has 0 bridgehead atoms. The van der Waals surface area contributed by atoms with Crippen LogP contribution in [0, 0.1) is 0 Å². The van der Waals surface area contributed by atoms with Crippen LogP contribution >= 0.6 is 0 Å². The van der Waals surface area contributed by atoms with Gasteiger partial charge in [-0.15, -0.1) is 0 Å². The summed E-state index contributed by atoms with van der Waals surface area (Å²) in [6, 6.07) is 0. The third-order valence-corrected chi connectivity index (χ3v) is 1.53. The Hall–Kier alpha value is 0.177. The summed E-state index contributed by atoms with van der Waals surface area (Å²) < 4.78 is 0. The van der Waals surface area contributed by atoms with Crippen LogP contribution in [0.3, 0.4) is 0 Å². The summed E-state index contributed by atoms with van der Waals surface area (Å²) in [5.41, 5.74) is 0. The Morgan fingerprint density at radius 1 is 1.67 bits per heavy atom. The fourth-order valence-electron chi connectivity index (χ4n) is 0.354. The van der Waals surface area contributed by atoms with E-state index in [2.05, 4.69) is 18.5 Å². The third-order valence-electron chi connectivity index (χ3n) is 0.677. The summed E-state index contributed by atoms with van der Waals surface area (Å²) in [4.78, 5) is 3.34. The SMILES string of the molecule is CCCN[SiH2]C. The van der Waals surface area contributed by atoms with Crippen molar-refractivity contribution in [2.75, 3.05) is 6.54 Å². The van der Waals surface area contributed by atoms with Gasteiger partial charge in [-0.2, -0.15) is 0 Å².